The van der Waals surface area contributed by atoms with Gasteiger partial charge in [0.05, 0.1) is 16.7 Å². The average Bonchev–Trinajstić information content (AvgIpc) is 3.80. The van der Waals surface area contributed by atoms with Crippen molar-refractivity contribution in [2.45, 2.75) is 37.9 Å². The minimum Gasteiger partial charge on any atom is -0.490 e. The number of amides is 1. The number of aliphatic hydroxyl groups is 1. The van der Waals surface area contributed by atoms with Gasteiger partial charge in [0.2, 0.25) is 0 Å². The molecule has 0 spiro atoms. The highest BCUT2D eigenvalue weighted by atomic mass is 35.5. The van der Waals surface area contributed by atoms with Crippen molar-refractivity contribution in [3.63, 3.8) is 0 Å². The van der Waals surface area contributed by atoms with Crippen molar-refractivity contribution in [1.82, 2.24) is 10.2 Å². The fourth-order valence-corrected chi connectivity index (χ4v) is 5.57. The third kappa shape index (κ3) is 7.12. The fraction of sp³-hybridized carbons (Fsp3) is 0.323. The van der Waals surface area contributed by atoms with Gasteiger partial charge in [0, 0.05) is 35.8 Å². The Bertz CT molecular complexity index is 1350. The van der Waals surface area contributed by atoms with Crippen molar-refractivity contribution < 1.29 is 19.4 Å². The second-order valence-electron chi connectivity index (χ2n) is 9.99. The van der Waals surface area contributed by atoms with Gasteiger partial charge < -0.3 is 24.8 Å². The lowest BCUT2D eigenvalue weighted by atomic mass is 9.89. The maximum Gasteiger partial charge on any atom is 0.251 e. The second-order valence-corrected chi connectivity index (χ2v) is 11.2. The third-order valence-electron chi connectivity index (χ3n) is 7.07. The van der Waals surface area contributed by atoms with Crippen molar-refractivity contribution in [3.8, 4) is 11.5 Å². The summed E-state index contributed by atoms with van der Waals surface area (Å²) in [6, 6.07) is 20.7. The molecule has 40 heavy (non-hydrogen) atoms. The van der Waals surface area contributed by atoms with Crippen LogP contribution >= 0.6 is 34.8 Å². The zero-order valence-corrected chi connectivity index (χ0v) is 24.2. The van der Waals surface area contributed by atoms with Crippen molar-refractivity contribution in [1.29, 1.82) is 0 Å². The lowest BCUT2D eigenvalue weighted by Gasteiger charge is -2.31. The zero-order chi connectivity index (χ0) is 28.1. The topological polar surface area (TPSA) is 71.0 Å². The van der Waals surface area contributed by atoms with E-state index in [4.69, 9.17) is 44.3 Å². The Balaban J connectivity index is 1.29. The molecule has 1 amide bonds. The molecule has 0 radical (unpaired) electrons. The minimum absolute atomic E-state index is 0.00351. The molecule has 1 saturated carbocycles. The third-order valence-corrected chi connectivity index (χ3v) is 7.90. The molecule has 210 valence electrons. The highest BCUT2D eigenvalue weighted by Gasteiger charge is 2.36. The summed E-state index contributed by atoms with van der Waals surface area (Å²) < 4.78 is 11.5. The summed E-state index contributed by atoms with van der Waals surface area (Å²) in [4.78, 5) is 15.9. The molecule has 5 rings (SSSR count). The van der Waals surface area contributed by atoms with Gasteiger partial charge in [0.15, 0.2) is 5.75 Å². The van der Waals surface area contributed by atoms with Crippen LogP contribution in [-0.4, -0.2) is 54.4 Å². The van der Waals surface area contributed by atoms with Crippen LogP contribution in [0.2, 0.25) is 15.1 Å². The smallest absolute Gasteiger partial charge is 0.251 e. The molecular formula is C31H31Cl3N2O4. The minimum atomic E-state index is -0.112. The molecule has 3 aromatic rings. The van der Waals surface area contributed by atoms with Gasteiger partial charge in [-0.2, -0.15) is 0 Å². The molecule has 1 fully saturated rings. The molecule has 1 aliphatic carbocycles. The number of carbonyl (C=O) groups excluding carboxylic acids is 1. The second kappa shape index (κ2) is 13.3. The standard InChI is InChI=1S/C31H31Cl3N2O4/c32-22-4-1-3-20(15-22)18-36(24-9-10-24)31(38)27-17-35-23(19-37)16-26(27)21-7-11-25(12-8-21)39-13-14-40-30-28(33)5-2-6-29(30)34/h1-8,11-12,15,23-24,35,37H,9-10,13-14,16-19H2. The Morgan fingerprint density at radius 3 is 2.33 bits per heavy atom. The normalized spacial score (nSPS) is 17.1. The van der Waals surface area contributed by atoms with E-state index < -0.39 is 0 Å². The van der Waals surface area contributed by atoms with Gasteiger partial charge in [0.1, 0.15) is 19.0 Å². The SMILES string of the molecule is O=C(C1=C(c2ccc(OCCOc3c(Cl)cccc3Cl)cc2)CC(CO)NC1)N(Cc1cccc(Cl)c1)C1CC1. The van der Waals surface area contributed by atoms with Gasteiger partial charge in [-0.05, 0) is 72.4 Å². The molecular weight excluding hydrogens is 571 g/mol. The van der Waals surface area contributed by atoms with Crippen LogP contribution in [0.1, 0.15) is 30.4 Å². The Morgan fingerprint density at radius 1 is 0.950 bits per heavy atom. The van der Waals surface area contributed by atoms with E-state index in [1.807, 2.05) is 53.4 Å². The first-order valence-corrected chi connectivity index (χ1v) is 14.5. The molecule has 1 aliphatic heterocycles. The quantitative estimate of drug-likeness (QED) is 0.249. The van der Waals surface area contributed by atoms with Crippen molar-refractivity contribution in [3.05, 3.63) is 98.5 Å². The number of hydrogen-bond acceptors (Lipinski definition) is 5. The van der Waals surface area contributed by atoms with Crippen LogP contribution in [0, 0.1) is 0 Å². The number of nitrogens with one attached hydrogen (secondary N) is 1. The molecule has 0 aromatic heterocycles. The number of rotatable bonds is 11. The van der Waals surface area contributed by atoms with Gasteiger partial charge in [-0.25, -0.2) is 0 Å². The number of hydrogen-bond donors (Lipinski definition) is 2. The van der Waals surface area contributed by atoms with Crippen molar-refractivity contribution in [2.75, 3.05) is 26.4 Å². The zero-order valence-electron chi connectivity index (χ0n) is 21.9. The van der Waals surface area contributed by atoms with Crippen LogP contribution in [-0.2, 0) is 11.3 Å². The highest BCUT2D eigenvalue weighted by molar-refractivity contribution is 6.37. The van der Waals surface area contributed by atoms with Crippen LogP contribution in [0.15, 0.2) is 72.3 Å². The molecule has 0 saturated heterocycles. The number of para-hydroxylation sites is 1. The molecule has 1 atom stereocenters. The summed E-state index contributed by atoms with van der Waals surface area (Å²) in [7, 11) is 0. The van der Waals surface area contributed by atoms with E-state index in [1.165, 1.54) is 0 Å². The van der Waals surface area contributed by atoms with Gasteiger partial charge in [-0.3, -0.25) is 4.79 Å². The number of ether oxygens (including phenoxy) is 2. The molecule has 1 heterocycles. The summed E-state index contributed by atoms with van der Waals surface area (Å²) in [5.74, 6) is 1.14. The monoisotopic (exact) mass is 600 g/mol. The average molecular weight is 602 g/mol. The molecule has 3 aromatic carbocycles. The van der Waals surface area contributed by atoms with Gasteiger partial charge >= 0.3 is 0 Å². The Morgan fingerprint density at radius 2 is 1.65 bits per heavy atom. The molecule has 9 heteroatoms. The lowest BCUT2D eigenvalue weighted by Crippen LogP contribution is -2.43. The Hall–Kier alpha value is -2.74. The number of halogens is 3. The molecule has 2 aliphatic rings. The largest absolute Gasteiger partial charge is 0.490 e. The summed E-state index contributed by atoms with van der Waals surface area (Å²) in [5, 5.41) is 14.7. The number of carbonyl (C=O) groups is 1. The maximum atomic E-state index is 13.9. The predicted molar refractivity (Wildman–Crippen MR) is 159 cm³/mol. The first-order valence-electron chi connectivity index (χ1n) is 13.3. The van der Waals surface area contributed by atoms with Crippen molar-refractivity contribution >= 4 is 46.3 Å². The maximum absolute atomic E-state index is 13.9. The van der Waals surface area contributed by atoms with Crippen LogP contribution in [0.5, 0.6) is 11.5 Å². The van der Waals surface area contributed by atoms with Crippen LogP contribution < -0.4 is 14.8 Å². The highest BCUT2D eigenvalue weighted by Crippen LogP contribution is 2.35. The number of nitrogens with zero attached hydrogens (tertiary/aromatic N) is 1. The Kier molecular flexibility index (Phi) is 9.56. The Labute approximate surface area is 249 Å². The number of benzene rings is 3. The molecule has 0 bridgehead atoms. The first-order chi connectivity index (χ1) is 19.4. The summed E-state index contributed by atoms with van der Waals surface area (Å²) in [6.07, 6.45) is 2.56. The predicted octanol–water partition coefficient (Wildman–Crippen LogP) is 6.40. The van der Waals surface area contributed by atoms with E-state index >= 15 is 0 Å². The fourth-order valence-electron chi connectivity index (χ4n) is 4.86. The molecule has 6 nitrogen and oxygen atoms in total. The molecule has 2 N–H and O–H groups in total. The van der Waals surface area contributed by atoms with E-state index in [1.54, 1.807) is 18.2 Å². The number of aliphatic hydroxyl groups excluding tert-OH is 1. The molecule has 1 unspecified atom stereocenters. The lowest BCUT2D eigenvalue weighted by molar-refractivity contribution is -0.128. The van der Waals surface area contributed by atoms with Gasteiger partial charge in [-0.1, -0.05) is 65.1 Å². The summed E-state index contributed by atoms with van der Waals surface area (Å²) in [6.45, 7) is 1.50. The van der Waals surface area contributed by atoms with E-state index in [0.29, 0.717) is 52.7 Å². The van der Waals surface area contributed by atoms with E-state index in [0.717, 1.165) is 35.1 Å². The van der Waals surface area contributed by atoms with Crippen LogP contribution in [0.25, 0.3) is 5.57 Å². The van der Waals surface area contributed by atoms with E-state index in [9.17, 15) is 9.90 Å². The van der Waals surface area contributed by atoms with Crippen LogP contribution in [0.4, 0.5) is 0 Å². The van der Waals surface area contributed by atoms with Gasteiger partial charge in [0.25, 0.3) is 5.91 Å². The van der Waals surface area contributed by atoms with E-state index in [2.05, 4.69) is 5.32 Å². The summed E-state index contributed by atoms with van der Waals surface area (Å²) in [5.41, 5.74) is 3.63. The summed E-state index contributed by atoms with van der Waals surface area (Å²) >= 11 is 18.5. The van der Waals surface area contributed by atoms with Crippen LogP contribution in [0.3, 0.4) is 0 Å². The first kappa shape index (κ1) is 28.8. The van der Waals surface area contributed by atoms with Gasteiger partial charge in [-0.15, -0.1) is 0 Å². The van der Waals surface area contributed by atoms with Crippen molar-refractivity contribution in [2.24, 2.45) is 0 Å². The van der Waals surface area contributed by atoms with E-state index in [-0.39, 0.29) is 31.2 Å².